The lowest BCUT2D eigenvalue weighted by Crippen LogP contribution is -2.50. The minimum atomic E-state index is -3.95. The second kappa shape index (κ2) is 9.33. The van der Waals surface area contributed by atoms with Gasteiger partial charge in [0.05, 0.1) is 24.2 Å². The number of methoxy groups -OCH3 is 1. The maximum absolute atomic E-state index is 13.5. The van der Waals surface area contributed by atoms with Crippen LogP contribution >= 0.6 is 11.6 Å². The Morgan fingerprint density at radius 2 is 1.82 bits per heavy atom. The Morgan fingerprint density at radius 3 is 2.48 bits per heavy atom. The van der Waals surface area contributed by atoms with Crippen LogP contribution in [0.3, 0.4) is 0 Å². The number of hydrogen-bond donors (Lipinski definition) is 1. The van der Waals surface area contributed by atoms with E-state index in [1.165, 1.54) is 23.5 Å². The molecule has 172 valence electrons. The molecule has 1 aliphatic heterocycles. The molecule has 4 rings (SSSR count). The fourth-order valence-electron chi connectivity index (χ4n) is 3.51. The second-order valence-corrected chi connectivity index (χ2v) is 9.93. The largest absolute Gasteiger partial charge is 0.497 e. The number of carbonyl (C=O) groups is 1. The van der Waals surface area contributed by atoms with Gasteiger partial charge < -0.3 is 14.8 Å². The summed E-state index contributed by atoms with van der Waals surface area (Å²) in [6.45, 7) is 1.98. The fraction of sp³-hybridized carbons (Fsp3) is 0.208. The van der Waals surface area contributed by atoms with Gasteiger partial charge in [-0.3, -0.25) is 9.10 Å². The summed E-state index contributed by atoms with van der Waals surface area (Å²) >= 11 is 5.91. The number of carbonyl (C=O) groups excluding carboxylic acids is 1. The van der Waals surface area contributed by atoms with Gasteiger partial charge in [-0.25, -0.2) is 8.42 Å². The Hall–Kier alpha value is -3.23. The third-order valence-electron chi connectivity index (χ3n) is 5.30. The van der Waals surface area contributed by atoms with Crippen molar-refractivity contribution in [3.8, 4) is 11.5 Å². The lowest BCUT2D eigenvalue weighted by Gasteiger charge is -2.35. The van der Waals surface area contributed by atoms with Gasteiger partial charge in [-0.15, -0.1) is 0 Å². The first kappa shape index (κ1) is 22.9. The number of hydrogen-bond acceptors (Lipinski definition) is 5. The highest BCUT2D eigenvalue weighted by atomic mass is 35.5. The molecule has 1 heterocycles. The van der Waals surface area contributed by atoms with Crippen LogP contribution in [0.25, 0.3) is 0 Å². The first-order chi connectivity index (χ1) is 15.8. The Bertz CT molecular complexity index is 1260. The zero-order valence-corrected chi connectivity index (χ0v) is 19.7. The Labute approximate surface area is 197 Å². The number of aryl methyl sites for hydroxylation is 1. The predicted octanol–water partition coefficient (Wildman–Crippen LogP) is 3.93. The van der Waals surface area contributed by atoms with Gasteiger partial charge in [0, 0.05) is 11.6 Å². The molecule has 0 bridgehead atoms. The number of ether oxygens (including phenoxy) is 2. The van der Waals surface area contributed by atoms with Crippen LogP contribution in [0.2, 0.25) is 5.02 Å². The van der Waals surface area contributed by atoms with Crippen LogP contribution in [0.15, 0.2) is 71.6 Å². The lowest BCUT2D eigenvalue weighted by atomic mass is 10.1. The SMILES string of the molecule is COc1ccc(S(=O)(=O)N2C[C@@H](C(=O)NCc3ccc(Cl)cc3)Oc3cc(C)ccc32)cc1. The minimum Gasteiger partial charge on any atom is -0.497 e. The standard InChI is InChI=1S/C24H23ClN2O5S/c1-16-3-12-21-22(13-16)32-23(24(28)26-14-17-4-6-18(25)7-5-17)15-27(21)33(29,30)20-10-8-19(31-2)9-11-20/h3-13,23H,14-15H2,1-2H3,(H,26,28)/t23-/m0/s1. The number of nitrogens with one attached hydrogen (secondary N) is 1. The van der Waals surface area contributed by atoms with Gasteiger partial charge in [0.1, 0.15) is 11.5 Å². The van der Waals surface area contributed by atoms with Gasteiger partial charge in [-0.05, 0) is 66.6 Å². The summed E-state index contributed by atoms with van der Waals surface area (Å²) < 4.78 is 39.3. The van der Waals surface area contributed by atoms with E-state index in [2.05, 4.69) is 5.32 Å². The van der Waals surface area contributed by atoms with Crippen molar-refractivity contribution in [3.05, 3.63) is 82.9 Å². The van der Waals surface area contributed by atoms with Crippen LogP contribution in [0, 0.1) is 6.92 Å². The van der Waals surface area contributed by atoms with Crippen molar-refractivity contribution in [2.24, 2.45) is 0 Å². The molecule has 0 radical (unpaired) electrons. The normalized spacial score (nSPS) is 15.4. The molecule has 0 saturated heterocycles. The van der Waals surface area contributed by atoms with Crippen molar-refractivity contribution in [1.82, 2.24) is 5.32 Å². The molecule has 1 amide bonds. The lowest BCUT2D eigenvalue weighted by molar-refractivity contribution is -0.127. The predicted molar refractivity (Wildman–Crippen MR) is 126 cm³/mol. The highest BCUT2D eigenvalue weighted by Gasteiger charge is 2.37. The Kier molecular flexibility index (Phi) is 6.49. The summed E-state index contributed by atoms with van der Waals surface area (Å²) in [4.78, 5) is 13.0. The van der Waals surface area contributed by atoms with E-state index in [0.29, 0.717) is 22.2 Å². The monoisotopic (exact) mass is 486 g/mol. The van der Waals surface area contributed by atoms with Gasteiger partial charge in [-0.2, -0.15) is 0 Å². The van der Waals surface area contributed by atoms with Crippen LogP contribution < -0.4 is 19.1 Å². The second-order valence-electron chi connectivity index (χ2n) is 7.63. The van der Waals surface area contributed by atoms with E-state index < -0.39 is 22.0 Å². The molecule has 0 saturated carbocycles. The van der Waals surface area contributed by atoms with Crippen LogP contribution in [-0.4, -0.2) is 34.1 Å². The molecule has 3 aromatic rings. The molecule has 0 unspecified atom stereocenters. The molecule has 1 N–H and O–H groups in total. The van der Waals surface area contributed by atoms with E-state index in [9.17, 15) is 13.2 Å². The van der Waals surface area contributed by atoms with E-state index in [1.54, 1.807) is 42.5 Å². The van der Waals surface area contributed by atoms with Crippen LogP contribution in [0.1, 0.15) is 11.1 Å². The summed E-state index contributed by atoms with van der Waals surface area (Å²) in [6.07, 6.45) is -1.01. The van der Waals surface area contributed by atoms with Crippen molar-refractivity contribution < 1.29 is 22.7 Å². The van der Waals surface area contributed by atoms with E-state index in [1.807, 2.05) is 19.1 Å². The smallest absolute Gasteiger partial charge is 0.264 e. The summed E-state index contributed by atoms with van der Waals surface area (Å²) in [6, 6.07) is 18.4. The van der Waals surface area contributed by atoms with E-state index in [0.717, 1.165) is 11.1 Å². The molecular formula is C24H23ClN2O5S. The number of benzene rings is 3. The average molecular weight is 487 g/mol. The molecule has 9 heteroatoms. The third kappa shape index (κ3) is 4.91. The average Bonchev–Trinajstić information content (AvgIpc) is 2.82. The third-order valence-corrected chi connectivity index (χ3v) is 7.35. The van der Waals surface area contributed by atoms with Gasteiger partial charge in [0.15, 0.2) is 6.10 Å². The highest BCUT2D eigenvalue weighted by molar-refractivity contribution is 7.92. The first-order valence-corrected chi connectivity index (χ1v) is 12.1. The van der Waals surface area contributed by atoms with E-state index in [4.69, 9.17) is 21.1 Å². The molecular weight excluding hydrogens is 464 g/mol. The topological polar surface area (TPSA) is 84.9 Å². The quantitative estimate of drug-likeness (QED) is 0.570. The molecule has 33 heavy (non-hydrogen) atoms. The number of halogens is 1. The number of anilines is 1. The molecule has 3 aromatic carbocycles. The maximum Gasteiger partial charge on any atom is 0.264 e. The zero-order valence-electron chi connectivity index (χ0n) is 18.1. The van der Waals surface area contributed by atoms with Crippen LogP contribution in [0.5, 0.6) is 11.5 Å². The minimum absolute atomic E-state index is 0.0945. The number of nitrogens with zero attached hydrogens (tertiary/aromatic N) is 1. The van der Waals surface area contributed by atoms with Gasteiger partial charge in [-0.1, -0.05) is 29.8 Å². The molecule has 0 aromatic heterocycles. The van der Waals surface area contributed by atoms with Crippen LogP contribution in [-0.2, 0) is 21.4 Å². The van der Waals surface area contributed by atoms with Crippen molar-refractivity contribution in [1.29, 1.82) is 0 Å². The molecule has 0 aliphatic carbocycles. The van der Waals surface area contributed by atoms with Crippen molar-refractivity contribution in [2.75, 3.05) is 18.0 Å². The first-order valence-electron chi connectivity index (χ1n) is 10.2. The Morgan fingerprint density at radius 1 is 1.12 bits per heavy atom. The summed E-state index contributed by atoms with van der Waals surface area (Å²) in [5.74, 6) is 0.475. The van der Waals surface area contributed by atoms with Crippen molar-refractivity contribution >= 4 is 33.2 Å². The number of fused-ring (bicyclic) bond motifs is 1. The van der Waals surface area contributed by atoms with Crippen molar-refractivity contribution in [2.45, 2.75) is 24.5 Å². The van der Waals surface area contributed by atoms with Gasteiger partial charge in [0.25, 0.3) is 15.9 Å². The summed E-state index contributed by atoms with van der Waals surface area (Å²) in [5.41, 5.74) is 2.14. The molecule has 0 fully saturated rings. The highest BCUT2D eigenvalue weighted by Crippen LogP contribution is 2.38. The fourth-order valence-corrected chi connectivity index (χ4v) is 5.11. The van der Waals surface area contributed by atoms with Gasteiger partial charge >= 0.3 is 0 Å². The number of amides is 1. The molecule has 7 nitrogen and oxygen atoms in total. The van der Waals surface area contributed by atoms with Crippen molar-refractivity contribution in [3.63, 3.8) is 0 Å². The summed E-state index contributed by atoms with van der Waals surface area (Å²) in [7, 11) is -2.44. The molecule has 0 spiro atoms. The van der Waals surface area contributed by atoms with E-state index in [-0.39, 0.29) is 18.0 Å². The zero-order chi connectivity index (χ0) is 23.6. The van der Waals surface area contributed by atoms with Crippen LogP contribution in [0.4, 0.5) is 5.69 Å². The molecule has 1 aliphatic rings. The number of rotatable bonds is 6. The van der Waals surface area contributed by atoms with E-state index >= 15 is 0 Å². The van der Waals surface area contributed by atoms with Gasteiger partial charge in [0.2, 0.25) is 0 Å². The Balaban J connectivity index is 1.61. The summed E-state index contributed by atoms with van der Waals surface area (Å²) in [5, 5.41) is 3.42. The molecule has 1 atom stereocenters. The maximum atomic E-state index is 13.5. The number of sulfonamides is 1.